The highest BCUT2D eigenvalue weighted by atomic mass is 31.2. The van der Waals surface area contributed by atoms with Gasteiger partial charge in [-0.15, -0.1) is 0 Å². The van der Waals surface area contributed by atoms with Gasteiger partial charge in [0.15, 0.2) is 6.10 Å². The molecule has 0 aliphatic rings. The maximum atomic E-state index is 13.1. The number of unbranched alkanes of at least 4 members (excludes halogenated alkanes) is 39. The van der Waals surface area contributed by atoms with Gasteiger partial charge in [-0.05, 0) is 161 Å². The van der Waals surface area contributed by atoms with E-state index in [1.54, 1.807) is 0 Å². The van der Waals surface area contributed by atoms with Gasteiger partial charge in [0.05, 0.1) is 26.4 Å². The summed E-state index contributed by atoms with van der Waals surface area (Å²) < 4.78 is 61.6. The minimum atomic E-state index is -4.95. The smallest absolute Gasteiger partial charge is 0.463 e. The summed E-state index contributed by atoms with van der Waals surface area (Å²) in [5.74, 6) is -1.58. The number of ether oxygens (including phenoxy) is 3. The molecule has 16 nitrogen and oxygen atoms in total. The van der Waals surface area contributed by atoms with Gasteiger partial charge in [-0.2, -0.15) is 0 Å². The Morgan fingerprint density at radius 3 is 0.683 bits per heavy atom. The van der Waals surface area contributed by atoms with Gasteiger partial charge in [-0.1, -0.05) is 409 Å². The second-order valence-corrected chi connectivity index (χ2v) is 35.4. The number of carbonyl (C=O) groups is 3. The Kier molecular flexibility index (Phi) is 91.6. The average Bonchev–Trinajstić information content (AvgIpc) is 0.898. The maximum Gasteiger partial charge on any atom is 0.472 e. The van der Waals surface area contributed by atoms with Crippen LogP contribution >= 0.6 is 15.6 Å². The summed E-state index contributed by atoms with van der Waals surface area (Å²) in [7, 11) is -9.82. The lowest BCUT2D eigenvalue weighted by molar-refractivity contribution is -0.161. The molecule has 5 unspecified atom stereocenters. The van der Waals surface area contributed by atoms with Crippen LogP contribution in [0, 0.1) is 0 Å². The molecule has 0 rings (SSSR count). The number of phosphoric ester groups is 2. The van der Waals surface area contributed by atoms with Gasteiger partial charge in [0.2, 0.25) is 0 Å². The molecule has 0 saturated heterocycles. The predicted molar refractivity (Wildman–Crippen MR) is 518 cm³/mol. The molecule has 704 valence electrons. The first-order valence-corrected chi connectivity index (χ1v) is 52.1. The lowest BCUT2D eigenvalue weighted by Crippen LogP contribution is -2.30. The molecule has 0 aliphatic heterocycles. The van der Waals surface area contributed by atoms with Crippen LogP contribution in [0.4, 0.5) is 0 Å². The fourth-order valence-electron chi connectivity index (χ4n) is 13.2. The molecule has 123 heavy (non-hydrogen) atoms. The van der Waals surface area contributed by atoms with E-state index in [0.717, 1.165) is 180 Å². The number of hydrogen-bond donors (Lipinski definition) is 4. The number of aliphatic hydroxyl groups is 2. The fourth-order valence-corrected chi connectivity index (χ4v) is 14.8. The highest BCUT2D eigenvalue weighted by Crippen LogP contribution is 2.45. The van der Waals surface area contributed by atoms with Gasteiger partial charge < -0.3 is 34.2 Å². The van der Waals surface area contributed by atoms with E-state index in [4.69, 9.17) is 32.3 Å². The third-order valence-corrected chi connectivity index (χ3v) is 22.5. The summed E-state index contributed by atoms with van der Waals surface area (Å²) in [5.41, 5.74) is 0. The lowest BCUT2D eigenvalue weighted by atomic mass is 10.0. The zero-order chi connectivity index (χ0) is 89.3. The Morgan fingerprint density at radius 2 is 0.431 bits per heavy atom. The van der Waals surface area contributed by atoms with Crippen LogP contribution in [-0.2, 0) is 55.8 Å². The molecule has 0 aromatic heterocycles. The zero-order valence-electron chi connectivity index (χ0n) is 77.8. The first kappa shape index (κ1) is 118. The number of esters is 3. The van der Waals surface area contributed by atoms with Crippen LogP contribution < -0.4 is 0 Å². The molecule has 0 bridgehead atoms. The average molecular weight is 1760 g/mol. The van der Waals surface area contributed by atoms with E-state index < -0.39 is 91.5 Å². The molecule has 0 amide bonds. The van der Waals surface area contributed by atoms with Crippen LogP contribution in [-0.4, -0.2) is 95.9 Å². The third-order valence-electron chi connectivity index (χ3n) is 20.6. The maximum absolute atomic E-state index is 13.1. The summed E-state index contributed by atoms with van der Waals surface area (Å²) in [4.78, 5) is 59.1. The number of carbonyl (C=O) groups excluding carboxylic acids is 3. The Hall–Kier alpha value is -5.35. The van der Waals surface area contributed by atoms with Crippen molar-refractivity contribution in [2.24, 2.45) is 0 Å². The molecule has 0 saturated carbocycles. The third kappa shape index (κ3) is 97.1. The number of phosphoric acid groups is 2. The second-order valence-electron chi connectivity index (χ2n) is 32.5. The van der Waals surface area contributed by atoms with E-state index >= 15 is 0 Å². The number of aliphatic hydroxyl groups excluding tert-OH is 2. The first-order valence-electron chi connectivity index (χ1n) is 49.1. The summed E-state index contributed by atoms with van der Waals surface area (Å²) in [5, 5.41) is 20.8. The van der Waals surface area contributed by atoms with Crippen LogP contribution in [0.1, 0.15) is 406 Å². The van der Waals surface area contributed by atoms with Crippen molar-refractivity contribution in [3.05, 3.63) is 182 Å². The number of hydrogen-bond acceptors (Lipinski definition) is 14. The van der Waals surface area contributed by atoms with E-state index in [-0.39, 0.29) is 19.3 Å². The van der Waals surface area contributed by atoms with Crippen molar-refractivity contribution in [1.82, 2.24) is 0 Å². The van der Waals surface area contributed by atoms with E-state index in [2.05, 4.69) is 203 Å². The van der Waals surface area contributed by atoms with Crippen molar-refractivity contribution in [2.75, 3.05) is 39.6 Å². The molecule has 0 radical (unpaired) electrons. The molecule has 0 fully saturated rings. The van der Waals surface area contributed by atoms with Crippen LogP contribution in [0.25, 0.3) is 0 Å². The van der Waals surface area contributed by atoms with E-state index in [9.17, 15) is 43.5 Å². The number of allylic oxidation sites excluding steroid dienone is 30. The second kappa shape index (κ2) is 95.7. The van der Waals surface area contributed by atoms with Crippen molar-refractivity contribution < 1.29 is 75.8 Å². The van der Waals surface area contributed by atoms with E-state index in [1.807, 2.05) is 0 Å². The van der Waals surface area contributed by atoms with E-state index in [1.165, 1.54) is 167 Å². The standard InChI is InChI=1S/C105H178O16P2/c1-4-7-10-13-16-19-22-25-28-31-34-37-40-43-45-47-48-49-50-52-54-56-58-61-64-67-70-73-76-79-82-85-88-91-103(108)115-94-100(106)95-117-122(111,112)118-96-101(107)97-119-123(113,114)120-99-102(121-105(110)93-90-87-84-81-78-75-72-69-66-63-60-55-42-39-36-33-30-27-24-21-18-15-12-9-6-3)98-116-104(109)92-89-86-83-80-77-74-71-68-65-62-59-57-53-51-46-44-41-38-35-32-29-26-23-20-17-14-11-8-5-2/h7,9-10,12,16-21,25-30,34-39,43-46,55,60,66,69,100-102,106-107H,4-6,8,11,13-15,22-24,31-33,40-42,47-54,56-59,61-65,67-68,70-99H2,1-3H3,(H,111,112)(H,113,114)/b10-7-,12-9-,19-16-,20-17-,21-18-,28-25-,29-26-,30-27-,37-34-,38-35-,39-36-,45-43-,46-44-,60-55-,69-66-. The van der Waals surface area contributed by atoms with Gasteiger partial charge in [0.1, 0.15) is 25.4 Å². The fraction of sp³-hybridized carbons (Fsp3) is 0.686. The Balaban J connectivity index is 4.61. The molecule has 0 spiro atoms. The molecule has 5 atom stereocenters. The molecule has 18 heteroatoms. The normalized spacial score (nSPS) is 14.5. The molecular formula is C105H178O16P2. The Bertz CT molecular complexity index is 2970. The van der Waals surface area contributed by atoms with Crippen LogP contribution in [0.15, 0.2) is 182 Å². The van der Waals surface area contributed by atoms with Gasteiger partial charge in [-0.25, -0.2) is 9.13 Å². The minimum Gasteiger partial charge on any atom is -0.463 e. The summed E-state index contributed by atoms with van der Waals surface area (Å²) in [6.45, 7) is 2.46. The van der Waals surface area contributed by atoms with Gasteiger partial charge in [0, 0.05) is 19.3 Å². The van der Waals surface area contributed by atoms with Crippen LogP contribution in [0.2, 0.25) is 0 Å². The van der Waals surface area contributed by atoms with Crippen molar-refractivity contribution in [1.29, 1.82) is 0 Å². The monoisotopic (exact) mass is 1760 g/mol. The Morgan fingerprint density at radius 1 is 0.236 bits per heavy atom. The zero-order valence-corrected chi connectivity index (χ0v) is 79.6. The largest absolute Gasteiger partial charge is 0.472 e. The van der Waals surface area contributed by atoms with Crippen LogP contribution in [0.3, 0.4) is 0 Å². The SMILES string of the molecule is CC/C=C\C/C=C\C/C=C\C/C=C\C/C=C\C/C=C\CCCCCCCCC(=O)OC(COC(=O)CCCCCCCCCCCCCCC/C=C\C/C=C\C/C=C\C/C=C\CCCCC)COP(=O)(O)OCC(O)COP(=O)(O)OCC(O)COC(=O)CCCCCCCCCCCCCCCCCCC/C=C\C/C=C\C/C=C\C/C=C\C/C=C\CC. The first-order chi connectivity index (χ1) is 60.2. The van der Waals surface area contributed by atoms with Crippen molar-refractivity contribution in [2.45, 2.75) is 424 Å². The van der Waals surface area contributed by atoms with Gasteiger partial charge >= 0.3 is 33.6 Å². The lowest BCUT2D eigenvalue weighted by Gasteiger charge is -2.21. The highest BCUT2D eigenvalue weighted by molar-refractivity contribution is 7.47. The van der Waals surface area contributed by atoms with Crippen molar-refractivity contribution in [3.8, 4) is 0 Å². The predicted octanol–water partition coefficient (Wildman–Crippen LogP) is 30.8. The molecule has 0 aromatic carbocycles. The Labute approximate surface area is 751 Å². The molecule has 4 N–H and O–H groups in total. The quantitative estimate of drug-likeness (QED) is 0.0146. The topological polar surface area (TPSA) is 231 Å². The van der Waals surface area contributed by atoms with Gasteiger partial charge in [-0.3, -0.25) is 32.5 Å². The molecule has 0 heterocycles. The van der Waals surface area contributed by atoms with E-state index in [0.29, 0.717) is 19.3 Å². The molecule has 0 aromatic rings. The minimum absolute atomic E-state index is 0.0822. The van der Waals surface area contributed by atoms with Gasteiger partial charge in [0.25, 0.3) is 0 Å². The molecular weight excluding hydrogens is 1580 g/mol. The summed E-state index contributed by atoms with van der Waals surface area (Å²) in [6, 6.07) is 0. The highest BCUT2D eigenvalue weighted by Gasteiger charge is 2.30. The summed E-state index contributed by atoms with van der Waals surface area (Å²) >= 11 is 0. The summed E-state index contributed by atoms with van der Waals surface area (Å²) in [6.07, 6.45) is 127. The van der Waals surface area contributed by atoms with Crippen molar-refractivity contribution >= 4 is 33.6 Å². The van der Waals surface area contributed by atoms with Crippen LogP contribution in [0.5, 0.6) is 0 Å². The number of rotatable bonds is 92. The van der Waals surface area contributed by atoms with Crippen molar-refractivity contribution in [3.63, 3.8) is 0 Å². The molecule has 0 aliphatic carbocycles.